The van der Waals surface area contributed by atoms with E-state index in [-0.39, 0.29) is 18.4 Å². The second kappa shape index (κ2) is 6.59. The summed E-state index contributed by atoms with van der Waals surface area (Å²) in [5.41, 5.74) is 1.93. The smallest absolute Gasteiger partial charge is 0.267 e. The van der Waals surface area contributed by atoms with E-state index in [0.29, 0.717) is 27.1 Å². The largest absolute Gasteiger partial charge is 0.467 e. The fourth-order valence-corrected chi connectivity index (χ4v) is 4.38. The Morgan fingerprint density at radius 3 is 2.65 bits per heavy atom. The predicted molar refractivity (Wildman–Crippen MR) is 105 cm³/mol. The van der Waals surface area contributed by atoms with Crippen molar-refractivity contribution in [3.63, 3.8) is 0 Å². The number of thiocarbonyl (C=S) groups is 1. The predicted octanol–water partition coefficient (Wildman–Crippen LogP) is 3.58. The molecule has 0 atom stereocenters. The number of hydrogen-bond acceptors (Lipinski definition) is 5. The monoisotopic (exact) mass is 382 g/mol. The zero-order chi connectivity index (χ0) is 18.3. The molecular formula is C19H14N2O3S2. The summed E-state index contributed by atoms with van der Waals surface area (Å²) in [6.45, 7) is 4.35. The molecule has 0 aliphatic carbocycles. The highest BCUT2D eigenvalue weighted by molar-refractivity contribution is 8.26. The highest BCUT2D eigenvalue weighted by atomic mass is 32.2. The molecule has 1 aromatic heterocycles. The number of nitrogens with zero attached hydrogens (tertiary/aromatic N) is 2. The van der Waals surface area contributed by atoms with Gasteiger partial charge in [0.1, 0.15) is 10.1 Å². The van der Waals surface area contributed by atoms with Crippen molar-refractivity contribution in [2.45, 2.75) is 6.54 Å². The SMILES string of the molecule is C=CCN1C(=O)/C(=C2/SC(=S)N(Cc3ccco3)C2=O)c2ccccc21. The van der Waals surface area contributed by atoms with Gasteiger partial charge in [-0.1, -0.05) is 48.3 Å². The zero-order valence-electron chi connectivity index (χ0n) is 13.7. The molecule has 0 saturated carbocycles. The third-order valence-corrected chi connectivity index (χ3v) is 5.65. The number of rotatable bonds is 4. The first kappa shape index (κ1) is 16.8. The summed E-state index contributed by atoms with van der Waals surface area (Å²) in [4.78, 5) is 29.4. The lowest BCUT2D eigenvalue weighted by Gasteiger charge is -2.14. The second-order valence-electron chi connectivity index (χ2n) is 5.76. The van der Waals surface area contributed by atoms with Crippen molar-refractivity contribution in [2.75, 3.05) is 11.4 Å². The van der Waals surface area contributed by atoms with Gasteiger partial charge in [0.25, 0.3) is 11.8 Å². The number of benzene rings is 1. The maximum Gasteiger partial charge on any atom is 0.267 e. The minimum absolute atomic E-state index is 0.204. The first-order valence-electron chi connectivity index (χ1n) is 7.94. The number of para-hydroxylation sites is 1. The molecule has 2 amide bonds. The number of amides is 2. The Hall–Kier alpha value is -2.64. The molecule has 2 aliphatic heterocycles. The molecule has 1 fully saturated rings. The van der Waals surface area contributed by atoms with E-state index in [1.54, 1.807) is 29.4 Å². The van der Waals surface area contributed by atoms with Crippen LogP contribution in [0.25, 0.3) is 5.57 Å². The van der Waals surface area contributed by atoms with Crippen LogP contribution in [0.15, 0.2) is 64.6 Å². The molecule has 2 aromatic rings. The quantitative estimate of drug-likeness (QED) is 0.460. The molecule has 4 rings (SSSR count). The first-order valence-corrected chi connectivity index (χ1v) is 9.16. The molecule has 1 aromatic carbocycles. The summed E-state index contributed by atoms with van der Waals surface area (Å²) in [6, 6.07) is 11.0. The maximum absolute atomic E-state index is 13.0. The molecular weight excluding hydrogens is 368 g/mol. The van der Waals surface area contributed by atoms with Gasteiger partial charge in [0.2, 0.25) is 0 Å². The van der Waals surface area contributed by atoms with Crippen LogP contribution < -0.4 is 4.90 Å². The number of carbonyl (C=O) groups is 2. The third-order valence-electron chi connectivity index (χ3n) is 4.21. The number of thioether (sulfide) groups is 1. The van der Waals surface area contributed by atoms with Crippen LogP contribution in [-0.2, 0) is 16.1 Å². The number of carbonyl (C=O) groups excluding carboxylic acids is 2. The molecule has 26 heavy (non-hydrogen) atoms. The van der Waals surface area contributed by atoms with Crippen molar-refractivity contribution in [3.8, 4) is 0 Å². The average Bonchev–Trinajstić information content (AvgIpc) is 3.31. The van der Waals surface area contributed by atoms with E-state index in [0.717, 1.165) is 23.0 Å². The van der Waals surface area contributed by atoms with E-state index in [9.17, 15) is 9.59 Å². The molecule has 0 spiro atoms. The van der Waals surface area contributed by atoms with Crippen LogP contribution in [0, 0.1) is 0 Å². The second-order valence-corrected chi connectivity index (χ2v) is 7.41. The fourth-order valence-electron chi connectivity index (χ4n) is 3.05. The van der Waals surface area contributed by atoms with Gasteiger partial charge in [0, 0.05) is 12.1 Å². The molecule has 2 aliphatic rings. The fraction of sp³-hybridized carbons (Fsp3) is 0.105. The van der Waals surface area contributed by atoms with Crippen LogP contribution >= 0.6 is 24.0 Å². The van der Waals surface area contributed by atoms with Crippen molar-refractivity contribution in [3.05, 3.63) is 71.5 Å². The Kier molecular flexibility index (Phi) is 4.26. The molecule has 5 nitrogen and oxygen atoms in total. The summed E-state index contributed by atoms with van der Waals surface area (Å²) in [7, 11) is 0. The summed E-state index contributed by atoms with van der Waals surface area (Å²) >= 11 is 6.53. The van der Waals surface area contributed by atoms with Crippen molar-refractivity contribution >= 4 is 51.4 Å². The van der Waals surface area contributed by atoms with Gasteiger partial charge in [-0.2, -0.15) is 0 Å². The van der Waals surface area contributed by atoms with Crippen LogP contribution in [0.2, 0.25) is 0 Å². The van der Waals surface area contributed by atoms with Crippen molar-refractivity contribution < 1.29 is 14.0 Å². The van der Waals surface area contributed by atoms with Gasteiger partial charge in [0.15, 0.2) is 0 Å². The van der Waals surface area contributed by atoms with Gasteiger partial charge in [-0.25, -0.2) is 0 Å². The Morgan fingerprint density at radius 1 is 1.12 bits per heavy atom. The topological polar surface area (TPSA) is 53.8 Å². The highest BCUT2D eigenvalue weighted by Gasteiger charge is 2.41. The van der Waals surface area contributed by atoms with E-state index >= 15 is 0 Å². The molecule has 0 bridgehead atoms. The summed E-state index contributed by atoms with van der Waals surface area (Å²) in [5, 5.41) is 0. The molecule has 0 N–H and O–H groups in total. The van der Waals surface area contributed by atoms with Gasteiger partial charge < -0.3 is 9.32 Å². The zero-order valence-corrected chi connectivity index (χ0v) is 15.3. The van der Waals surface area contributed by atoms with Gasteiger partial charge in [-0.3, -0.25) is 14.5 Å². The first-order chi connectivity index (χ1) is 12.6. The molecule has 7 heteroatoms. The van der Waals surface area contributed by atoms with Gasteiger partial charge in [-0.15, -0.1) is 6.58 Å². The summed E-state index contributed by atoms with van der Waals surface area (Å²) in [6.07, 6.45) is 3.22. The van der Waals surface area contributed by atoms with Gasteiger partial charge >= 0.3 is 0 Å². The van der Waals surface area contributed by atoms with Crippen LogP contribution in [0.3, 0.4) is 0 Å². The van der Waals surface area contributed by atoms with Crippen molar-refractivity contribution in [1.82, 2.24) is 4.90 Å². The molecule has 0 unspecified atom stereocenters. The molecule has 3 heterocycles. The van der Waals surface area contributed by atoms with E-state index in [1.165, 1.54) is 4.90 Å². The van der Waals surface area contributed by atoms with Crippen LogP contribution in [-0.4, -0.2) is 27.6 Å². The van der Waals surface area contributed by atoms with E-state index in [4.69, 9.17) is 16.6 Å². The average molecular weight is 382 g/mol. The summed E-state index contributed by atoms with van der Waals surface area (Å²) < 4.78 is 5.73. The summed E-state index contributed by atoms with van der Waals surface area (Å²) in [5.74, 6) is 0.165. The number of furan rings is 1. The van der Waals surface area contributed by atoms with Crippen LogP contribution in [0.5, 0.6) is 0 Å². The standard InChI is InChI=1S/C19H14N2O3S2/c1-2-9-20-14-8-4-3-7-13(14)15(17(20)22)16-18(23)21(19(25)26-16)11-12-6-5-10-24-12/h2-8,10H,1,9,11H2/b16-15+. The van der Waals surface area contributed by atoms with Crippen molar-refractivity contribution in [2.24, 2.45) is 0 Å². The number of hydrogen-bond donors (Lipinski definition) is 0. The Labute approximate surface area is 160 Å². The molecule has 130 valence electrons. The number of anilines is 1. The molecule has 0 radical (unpaired) electrons. The van der Waals surface area contributed by atoms with E-state index in [1.807, 2.05) is 24.3 Å². The molecule has 1 saturated heterocycles. The van der Waals surface area contributed by atoms with Crippen LogP contribution in [0.1, 0.15) is 11.3 Å². The lowest BCUT2D eigenvalue weighted by Crippen LogP contribution is -2.29. The Morgan fingerprint density at radius 2 is 1.92 bits per heavy atom. The highest BCUT2D eigenvalue weighted by Crippen LogP contribution is 2.44. The minimum atomic E-state index is -0.269. The van der Waals surface area contributed by atoms with Gasteiger partial charge in [-0.05, 0) is 18.2 Å². The van der Waals surface area contributed by atoms with Crippen LogP contribution in [0.4, 0.5) is 5.69 Å². The van der Waals surface area contributed by atoms with Gasteiger partial charge in [0.05, 0.1) is 29.0 Å². The Balaban J connectivity index is 1.77. The number of fused-ring (bicyclic) bond motifs is 1. The third kappa shape index (κ3) is 2.60. The minimum Gasteiger partial charge on any atom is -0.467 e. The maximum atomic E-state index is 13.0. The lowest BCUT2D eigenvalue weighted by atomic mass is 10.1. The normalized spacial score (nSPS) is 19.5. The Bertz CT molecular complexity index is 963. The lowest BCUT2D eigenvalue weighted by molar-refractivity contribution is -0.123. The van der Waals surface area contributed by atoms with Crippen molar-refractivity contribution in [1.29, 1.82) is 0 Å². The van der Waals surface area contributed by atoms with E-state index < -0.39 is 0 Å². The van der Waals surface area contributed by atoms with E-state index in [2.05, 4.69) is 6.58 Å².